The predicted octanol–water partition coefficient (Wildman–Crippen LogP) is 2.96. The number of halogens is 1. The number of furan rings is 1. The van der Waals surface area contributed by atoms with E-state index in [0.29, 0.717) is 18.9 Å². The summed E-state index contributed by atoms with van der Waals surface area (Å²) in [4.78, 5) is 14.4. The first-order valence-electron chi connectivity index (χ1n) is 8.05. The summed E-state index contributed by atoms with van der Waals surface area (Å²) in [5.74, 6) is 0.418. The van der Waals surface area contributed by atoms with Crippen LogP contribution in [0.5, 0.6) is 0 Å². The first-order valence-corrected chi connectivity index (χ1v) is 8.05. The molecule has 1 aliphatic rings. The van der Waals surface area contributed by atoms with Gasteiger partial charge in [0.25, 0.3) is 5.91 Å². The van der Waals surface area contributed by atoms with E-state index >= 15 is 0 Å². The van der Waals surface area contributed by atoms with E-state index in [1.165, 1.54) is 12.1 Å². The van der Waals surface area contributed by atoms with Gasteiger partial charge in [-0.05, 0) is 43.2 Å². The van der Waals surface area contributed by atoms with Crippen LogP contribution in [-0.2, 0) is 11.3 Å². The Balaban J connectivity index is 1.61. The van der Waals surface area contributed by atoms with Crippen LogP contribution >= 0.6 is 0 Å². The second-order valence-electron chi connectivity index (χ2n) is 5.94. The van der Waals surface area contributed by atoms with Gasteiger partial charge in [0.1, 0.15) is 18.2 Å². The Labute approximate surface area is 140 Å². The Hall–Kier alpha value is -2.34. The molecule has 1 fully saturated rings. The molecule has 24 heavy (non-hydrogen) atoms. The van der Waals surface area contributed by atoms with Crippen LogP contribution < -0.4 is 10.2 Å². The Bertz CT molecular complexity index is 701. The highest BCUT2D eigenvalue weighted by atomic mass is 19.1. The standard InChI is InChI=1S/C18H21FN2O3/c1-23-12-16-7-8-17(24-16)18(22)20-14-5-3-9-21(11-14)15-6-2-4-13(19)10-15/h2,4,6-8,10,14H,3,5,9,11-12H2,1H3,(H,20,22)/t14-/m0/s1. The van der Waals surface area contributed by atoms with Crippen LogP contribution in [0.1, 0.15) is 29.2 Å². The molecule has 0 spiro atoms. The fourth-order valence-corrected chi connectivity index (χ4v) is 2.98. The number of benzene rings is 1. The molecule has 0 saturated carbocycles. The summed E-state index contributed by atoms with van der Waals surface area (Å²) >= 11 is 0. The highest BCUT2D eigenvalue weighted by molar-refractivity contribution is 5.91. The minimum Gasteiger partial charge on any atom is -0.453 e. The molecule has 1 amide bonds. The van der Waals surface area contributed by atoms with Crippen molar-refractivity contribution in [1.82, 2.24) is 5.32 Å². The van der Waals surface area contributed by atoms with Crippen LogP contribution in [-0.4, -0.2) is 32.1 Å². The number of rotatable bonds is 5. The summed E-state index contributed by atoms with van der Waals surface area (Å²) in [5.41, 5.74) is 0.842. The molecule has 0 aliphatic carbocycles. The quantitative estimate of drug-likeness (QED) is 0.915. The van der Waals surface area contributed by atoms with Crippen LogP contribution in [0, 0.1) is 5.82 Å². The summed E-state index contributed by atoms with van der Waals surface area (Å²) in [5, 5.41) is 3.00. The molecule has 2 heterocycles. The third-order valence-electron chi connectivity index (χ3n) is 4.10. The molecule has 2 aromatic rings. The van der Waals surface area contributed by atoms with E-state index < -0.39 is 0 Å². The molecule has 5 nitrogen and oxygen atoms in total. The molecule has 1 atom stereocenters. The van der Waals surface area contributed by atoms with Crippen molar-refractivity contribution in [2.24, 2.45) is 0 Å². The number of piperidine rings is 1. The molecular formula is C18H21FN2O3. The van der Waals surface area contributed by atoms with Crippen molar-refractivity contribution in [2.45, 2.75) is 25.5 Å². The number of methoxy groups -OCH3 is 1. The van der Waals surface area contributed by atoms with Crippen molar-refractivity contribution < 1.29 is 18.3 Å². The Morgan fingerprint density at radius 3 is 3.08 bits per heavy atom. The smallest absolute Gasteiger partial charge is 0.287 e. The summed E-state index contributed by atoms with van der Waals surface area (Å²) in [6.07, 6.45) is 1.83. The molecule has 1 aromatic carbocycles. The lowest BCUT2D eigenvalue weighted by Gasteiger charge is -2.34. The van der Waals surface area contributed by atoms with E-state index in [4.69, 9.17) is 9.15 Å². The number of nitrogens with one attached hydrogen (secondary N) is 1. The number of hydrogen-bond acceptors (Lipinski definition) is 4. The van der Waals surface area contributed by atoms with Gasteiger partial charge in [-0.1, -0.05) is 6.07 Å². The first kappa shape index (κ1) is 16.5. The maximum Gasteiger partial charge on any atom is 0.287 e. The molecular weight excluding hydrogens is 311 g/mol. The maximum atomic E-state index is 13.4. The third-order valence-corrected chi connectivity index (χ3v) is 4.10. The van der Waals surface area contributed by atoms with Gasteiger partial charge in [-0.2, -0.15) is 0 Å². The molecule has 128 valence electrons. The van der Waals surface area contributed by atoms with Crippen LogP contribution in [0.15, 0.2) is 40.8 Å². The van der Waals surface area contributed by atoms with Crippen LogP contribution in [0.4, 0.5) is 10.1 Å². The topological polar surface area (TPSA) is 54.7 Å². The van der Waals surface area contributed by atoms with E-state index in [1.54, 1.807) is 25.3 Å². The second-order valence-corrected chi connectivity index (χ2v) is 5.94. The third kappa shape index (κ3) is 3.94. The lowest BCUT2D eigenvalue weighted by atomic mass is 10.0. The summed E-state index contributed by atoms with van der Waals surface area (Å²) in [7, 11) is 1.57. The molecule has 1 saturated heterocycles. The number of anilines is 1. The van der Waals surface area contributed by atoms with E-state index in [0.717, 1.165) is 25.1 Å². The zero-order valence-electron chi connectivity index (χ0n) is 13.6. The van der Waals surface area contributed by atoms with Crippen molar-refractivity contribution in [3.05, 3.63) is 53.7 Å². The van der Waals surface area contributed by atoms with Crippen molar-refractivity contribution in [2.75, 3.05) is 25.1 Å². The highest BCUT2D eigenvalue weighted by Gasteiger charge is 2.23. The van der Waals surface area contributed by atoms with Crippen molar-refractivity contribution in [3.8, 4) is 0 Å². The molecule has 0 unspecified atom stereocenters. The number of carbonyl (C=O) groups excluding carboxylic acids is 1. The van der Waals surface area contributed by atoms with E-state index in [9.17, 15) is 9.18 Å². The fraction of sp³-hybridized carbons (Fsp3) is 0.389. The summed E-state index contributed by atoms with van der Waals surface area (Å²) < 4.78 is 23.8. The average molecular weight is 332 g/mol. The molecule has 6 heteroatoms. The van der Waals surface area contributed by atoms with E-state index in [2.05, 4.69) is 10.2 Å². The van der Waals surface area contributed by atoms with Gasteiger partial charge >= 0.3 is 0 Å². The Morgan fingerprint density at radius 1 is 1.42 bits per heavy atom. The van der Waals surface area contributed by atoms with Crippen molar-refractivity contribution in [3.63, 3.8) is 0 Å². The molecule has 3 rings (SSSR count). The number of nitrogens with zero attached hydrogens (tertiary/aromatic N) is 1. The van der Waals surface area contributed by atoms with Gasteiger partial charge in [0.2, 0.25) is 0 Å². The first-order chi connectivity index (χ1) is 11.7. The Kier molecular flexibility index (Phi) is 5.15. The van der Waals surface area contributed by atoms with E-state index in [-0.39, 0.29) is 23.5 Å². The number of ether oxygens (including phenoxy) is 1. The Morgan fingerprint density at radius 2 is 2.29 bits per heavy atom. The number of hydrogen-bond donors (Lipinski definition) is 1. The largest absolute Gasteiger partial charge is 0.453 e. The molecule has 1 aliphatic heterocycles. The predicted molar refractivity (Wildman–Crippen MR) is 88.5 cm³/mol. The van der Waals surface area contributed by atoms with Gasteiger partial charge < -0.3 is 19.4 Å². The molecule has 0 radical (unpaired) electrons. The highest BCUT2D eigenvalue weighted by Crippen LogP contribution is 2.21. The minimum absolute atomic E-state index is 0.00509. The van der Waals surface area contributed by atoms with Gasteiger partial charge in [0.05, 0.1) is 0 Å². The van der Waals surface area contributed by atoms with Crippen molar-refractivity contribution in [1.29, 1.82) is 0 Å². The lowest BCUT2D eigenvalue weighted by Crippen LogP contribution is -2.47. The summed E-state index contributed by atoms with van der Waals surface area (Å²) in [6.45, 7) is 1.85. The number of carbonyl (C=O) groups is 1. The van der Waals surface area contributed by atoms with Crippen LogP contribution in [0.2, 0.25) is 0 Å². The van der Waals surface area contributed by atoms with Crippen LogP contribution in [0.25, 0.3) is 0 Å². The summed E-state index contributed by atoms with van der Waals surface area (Å²) in [6, 6.07) is 9.93. The monoisotopic (exact) mass is 332 g/mol. The molecule has 0 bridgehead atoms. The average Bonchev–Trinajstić information content (AvgIpc) is 3.04. The van der Waals surface area contributed by atoms with Gasteiger partial charge in [-0.25, -0.2) is 4.39 Å². The maximum absolute atomic E-state index is 13.4. The van der Waals surface area contributed by atoms with Gasteiger partial charge in [-0.3, -0.25) is 4.79 Å². The normalized spacial score (nSPS) is 17.8. The van der Waals surface area contributed by atoms with Crippen LogP contribution in [0.3, 0.4) is 0 Å². The number of amides is 1. The molecule has 1 N–H and O–H groups in total. The van der Waals surface area contributed by atoms with Gasteiger partial charge in [0.15, 0.2) is 5.76 Å². The fourth-order valence-electron chi connectivity index (χ4n) is 2.98. The van der Waals surface area contributed by atoms with Gasteiger partial charge in [0, 0.05) is 31.9 Å². The molecule has 1 aromatic heterocycles. The van der Waals surface area contributed by atoms with Gasteiger partial charge in [-0.15, -0.1) is 0 Å². The second kappa shape index (κ2) is 7.49. The zero-order valence-corrected chi connectivity index (χ0v) is 13.6. The SMILES string of the molecule is COCc1ccc(C(=O)N[C@H]2CCCN(c3cccc(F)c3)C2)o1. The minimum atomic E-state index is -0.250. The van der Waals surface area contributed by atoms with Crippen molar-refractivity contribution >= 4 is 11.6 Å². The zero-order chi connectivity index (χ0) is 16.9. The van der Waals surface area contributed by atoms with E-state index in [1.807, 2.05) is 6.07 Å². The lowest BCUT2D eigenvalue weighted by molar-refractivity contribution is 0.0896.